The summed E-state index contributed by atoms with van der Waals surface area (Å²) in [4.78, 5) is 23.4. The maximum Gasteiger partial charge on any atom is 0.255 e. The van der Waals surface area contributed by atoms with Crippen molar-refractivity contribution in [3.63, 3.8) is 0 Å². The van der Waals surface area contributed by atoms with Crippen LogP contribution < -0.4 is 20.1 Å². The van der Waals surface area contributed by atoms with Crippen LogP contribution in [-0.2, 0) is 4.79 Å². The standard InChI is InChI=1S/C17H17FN2O4/c1-10(21)19-12-5-7-16(24-3)14(9-12)20-17(22)11-4-6-15(23-2)13(18)8-11/h4-9H,1-3H3,(H,19,21)(H,20,22). The Kier molecular flexibility index (Phi) is 5.36. The van der Waals surface area contributed by atoms with E-state index in [2.05, 4.69) is 10.6 Å². The first-order valence-corrected chi connectivity index (χ1v) is 7.05. The molecule has 0 heterocycles. The number of nitrogens with one attached hydrogen (secondary N) is 2. The van der Waals surface area contributed by atoms with E-state index in [9.17, 15) is 14.0 Å². The average molecular weight is 332 g/mol. The third-order valence-electron chi connectivity index (χ3n) is 3.18. The van der Waals surface area contributed by atoms with Gasteiger partial charge in [0.05, 0.1) is 19.9 Å². The maximum absolute atomic E-state index is 13.7. The second-order valence-electron chi connectivity index (χ2n) is 4.90. The normalized spacial score (nSPS) is 10.0. The summed E-state index contributed by atoms with van der Waals surface area (Å²) in [6, 6.07) is 8.70. The fourth-order valence-electron chi connectivity index (χ4n) is 2.09. The minimum Gasteiger partial charge on any atom is -0.495 e. The highest BCUT2D eigenvalue weighted by molar-refractivity contribution is 6.05. The van der Waals surface area contributed by atoms with Gasteiger partial charge in [0, 0.05) is 18.2 Å². The predicted octanol–water partition coefficient (Wildman–Crippen LogP) is 3.05. The molecule has 0 aliphatic rings. The van der Waals surface area contributed by atoms with Crippen molar-refractivity contribution in [3.8, 4) is 11.5 Å². The molecule has 126 valence electrons. The molecule has 2 rings (SSSR count). The molecule has 0 fully saturated rings. The van der Waals surface area contributed by atoms with Gasteiger partial charge in [-0.3, -0.25) is 9.59 Å². The van der Waals surface area contributed by atoms with Gasteiger partial charge in [0.25, 0.3) is 5.91 Å². The maximum atomic E-state index is 13.7. The number of ether oxygens (including phenoxy) is 2. The lowest BCUT2D eigenvalue weighted by atomic mass is 10.2. The van der Waals surface area contributed by atoms with E-state index in [0.29, 0.717) is 17.1 Å². The van der Waals surface area contributed by atoms with Crippen molar-refractivity contribution in [2.45, 2.75) is 6.92 Å². The van der Waals surface area contributed by atoms with Crippen LogP contribution in [0.3, 0.4) is 0 Å². The number of halogens is 1. The Balaban J connectivity index is 2.27. The Morgan fingerprint density at radius 2 is 1.62 bits per heavy atom. The number of methoxy groups -OCH3 is 2. The molecule has 2 aromatic carbocycles. The van der Waals surface area contributed by atoms with Crippen molar-refractivity contribution in [3.05, 3.63) is 47.8 Å². The zero-order chi connectivity index (χ0) is 17.7. The third kappa shape index (κ3) is 4.01. The van der Waals surface area contributed by atoms with Crippen LogP contribution in [0, 0.1) is 5.82 Å². The minimum absolute atomic E-state index is 0.0526. The number of carbonyl (C=O) groups excluding carboxylic acids is 2. The second-order valence-corrected chi connectivity index (χ2v) is 4.90. The van der Waals surface area contributed by atoms with Gasteiger partial charge in [-0.05, 0) is 36.4 Å². The van der Waals surface area contributed by atoms with Gasteiger partial charge in [-0.2, -0.15) is 0 Å². The fraction of sp³-hybridized carbons (Fsp3) is 0.176. The van der Waals surface area contributed by atoms with Crippen molar-refractivity contribution in [2.24, 2.45) is 0 Å². The molecule has 0 aromatic heterocycles. The van der Waals surface area contributed by atoms with E-state index in [4.69, 9.17) is 9.47 Å². The summed E-state index contributed by atoms with van der Waals surface area (Å²) in [5.74, 6) is -0.933. The highest BCUT2D eigenvalue weighted by Crippen LogP contribution is 2.28. The molecule has 6 nitrogen and oxygen atoms in total. The van der Waals surface area contributed by atoms with Gasteiger partial charge in [0.1, 0.15) is 5.75 Å². The molecule has 0 aliphatic heterocycles. The number of amides is 2. The van der Waals surface area contributed by atoms with E-state index in [-0.39, 0.29) is 17.2 Å². The molecular weight excluding hydrogens is 315 g/mol. The summed E-state index contributed by atoms with van der Waals surface area (Å²) in [6.45, 7) is 1.38. The molecule has 0 unspecified atom stereocenters. The van der Waals surface area contributed by atoms with E-state index in [0.717, 1.165) is 6.07 Å². The Hall–Kier alpha value is -3.09. The molecule has 0 bridgehead atoms. The lowest BCUT2D eigenvalue weighted by Crippen LogP contribution is -2.14. The third-order valence-corrected chi connectivity index (χ3v) is 3.18. The van der Waals surface area contributed by atoms with Gasteiger partial charge in [-0.15, -0.1) is 0 Å². The smallest absolute Gasteiger partial charge is 0.255 e. The van der Waals surface area contributed by atoms with Crippen molar-refractivity contribution in [1.29, 1.82) is 0 Å². The average Bonchev–Trinajstić information content (AvgIpc) is 2.54. The molecule has 2 N–H and O–H groups in total. The largest absolute Gasteiger partial charge is 0.495 e. The zero-order valence-electron chi connectivity index (χ0n) is 13.5. The first-order valence-electron chi connectivity index (χ1n) is 7.05. The summed E-state index contributed by atoms with van der Waals surface area (Å²) in [7, 11) is 2.80. The topological polar surface area (TPSA) is 76.7 Å². The van der Waals surface area contributed by atoms with Crippen LogP contribution >= 0.6 is 0 Å². The van der Waals surface area contributed by atoms with Crippen LogP contribution in [0.15, 0.2) is 36.4 Å². The molecule has 0 saturated heterocycles. The highest BCUT2D eigenvalue weighted by atomic mass is 19.1. The van der Waals surface area contributed by atoms with Crippen LogP contribution in [0.2, 0.25) is 0 Å². The van der Waals surface area contributed by atoms with Gasteiger partial charge < -0.3 is 20.1 Å². The molecule has 0 atom stereocenters. The van der Waals surface area contributed by atoms with E-state index in [1.807, 2.05) is 0 Å². The van der Waals surface area contributed by atoms with Crippen molar-refractivity contribution in [1.82, 2.24) is 0 Å². The number of hydrogen-bond donors (Lipinski definition) is 2. The van der Waals surface area contributed by atoms with E-state index in [1.165, 1.54) is 33.3 Å². The molecule has 0 spiro atoms. The zero-order valence-corrected chi connectivity index (χ0v) is 13.5. The number of carbonyl (C=O) groups is 2. The summed E-state index contributed by atoms with van der Waals surface area (Å²) in [5, 5.41) is 5.24. The number of hydrogen-bond acceptors (Lipinski definition) is 4. The summed E-state index contributed by atoms with van der Waals surface area (Å²) >= 11 is 0. The molecule has 0 saturated carbocycles. The second kappa shape index (κ2) is 7.45. The Morgan fingerprint density at radius 3 is 2.21 bits per heavy atom. The van der Waals surface area contributed by atoms with Crippen molar-refractivity contribution < 1.29 is 23.5 Å². The Labute approximate surface area is 138 Å². The van der Waals surface area contributed by atoms with Crippen LogP contribution in [0.5, 0.6) is 11.5 Å². The van der Waals surface area contributed by atoms with Crippen LogP contribution in [0.1, 0.15) is 17.3 Å². The van der Waals surface area contributed by atoms with Crippen molar-refractivity contribution in [2.75, 3.05) is 24.9 Å². The molecule has 0 aliphatic carbocycles. The number of rotatable bonds is 5. The van der Waals surface area contributed by atoms with Crippen LogP contribution in [-0.4, -0.2) is 26.0 Å². The predicted molar refractivity (Wildman–Crippen MR) is 88.2 cm³/mol. The van der Waals surface area contributed by atoms with Gasteiger partial charge in [0.2, 0.25) is 5.91 Å². The minimum atomic E-state index is -0.635. The van der Waals surface area contributed by atoms with Gasteiger partial charge in [-0.1, -0.05) is 0 Å². The van der Waals surface area contributed by atoms with Gasteiger partial charge >= 0.3 is 0 Å². The summed E-state index contributed by atoms with van der Waals surface area (Å²) in [6.07, 6.45) is 0. The Bertz CT molecular complexity index is 777. The summed E-state index contributed by atoms with van der Waals surface area (Å²) in [5.41, 5.74) is 0.977. The van der Waals surface area contributed by atoms with Gasteiger partial charge in [0.15, 0.2) is 11.6 Å². The number of anilines is 2. The summed E-state index contributed by atoms with van der Waals surface area (Å²) < 4.78 is 23.7. The number of benzene rings is 2. The van der Waals surface area contributed by atoms with Crippen molar-refractivity contribution >= 4 is 23.2 Å². The quantitative estimate of drug-likeness (QED) is 0.882. The van der Waals surface area contributed by atoms with Crippen LogP contribution in [0.4, 0.5) is 15.8 Å². The molecular formula is C17H17FN2O4. The highest BCUT2D eigenvalue weighted by Gasteiger charge is 2.13. The monoisotopic (exact) mass is 332 g/mol. The lowest BCUT2D eigenvalue weighted by Gasteiger charge is -2.13. The molecule has 2 amide bonds. The van der Waals surface area contributed by atoms with Gasteiger partial charge in [-0.25, -0.2) is 4.39 Å². The molecule has 0 radical (unpaired) electrons. The van der Waals surface area contributed by atoms with E-state index < -0.39 is 11.7 Å². The lowest BCUT2D eigenvalue weighted by molar-refractivity contribution is -0.114. The van der Waals surface area contributed by atoms with Crippen LogP contribution in [0.25, 0.3) is 0 Å². The molecule has 7 heteroatoms. The SMILES string of the molecule is COc1ccc(C(=O)Nc2cc(NC(C)=O)ccc2OC)cc1F. The molecule has 24 heavy (non-hydrogen) atoms. The fourth-order valence-corrected chi connectivity index (χ4v) is 2.09. The van der Waals surface area contributed by atoms with E-state index >= 15 is 0 Å². The first-order chi connectivity index (χ1) is 11.4. The first kappa shape index (κ1) is 17.3. The Morgan fingerprint density at radius 1 is 0.958 bits per heavy atom. The van der Waals surface area contributed by atoms with E-state index in [1.54, 1.807) is 18.2 Å². The molecule has 2 aromatic rings.